The summed E-state index contributed by atoms with van der Waals surface area (Å²) in [6.45, 7) is 4.57. The number of para-hydroxylation sites is 1. The molecular weight excluding hydrogens is 410 g/mol. The molecule has 1 aliphatic heterocycles. The molecule has 1 N–H and O–H groups in total. The number of rotatable bonds is 3. The van der Waals surface area contributed by atoms with Crippen LogP contribution in [0, 0.1) is 13.8 Å². The number of aryl methyl sites for hydroxylation is 2. The van der Waals surface area contributed by atoms with Gasteiger partial charge in [-0.2, -0.15) is 0 Å². The van der Waals surface area contributed by atoms with Crippen molar-refractivity contribution < 1.29 is 9.53 Å². The first kappa shape index (κ1) is 20.9. The third kappa shape index (κ3) is 3.98. The van der Waals surface area contributed by atoms with Gasteiger partial charge in [-0.1, -0.05) is 36.4 Å². The van der Waals surface area contributed by atoms with E-state index in [1.165, 1.54) is 0 Å². The van der Waals surface area contributed by atoms with E-state index in [0.717, 1.165) is 45.1 Å². The summed E-state index contributed by atoms with van der Waals surface area (Å²) in [4.78, 5) is 15.7. The van der Waals surface area contributed by atoms with Crippen molar-refractivity contribution in [2.45, 2.75) is 26.4 Å². The van der Waals surface area contributed by atoms with E-state index in [-0.39, 0.29) is 12.1 Å². The summed E-state index contributed by atoms with van der Waals surface area (Å²) in [7, 11) is 1.66. The lowest BCUT2D eigenvalue weighted by Gasteiger charge is -2.31. The van der Waals surface area contributed by atoms with Crippen LogP contribution in [0.3, 0.4) is 0 Å². The van der Waals surface area contributed by atoms with Gasteiger partial charge in [0.1, 0.15) is 5.75 Å². The van der Waals surface area contributed by atoms with Crippen molar-refractivity contribution in [1.29, 1.82) is 0 Å². The third-order valence-electron chi connectivity index (χ3n) is 6.13. The lowest BCUT2D eigenvalue weighted by molar-refractivity contribution is 0.194. The highest BCUT2D eigenvalue weighted by atomic mass is 16.5. The van der Waals surface area contributed by atoms with Gasteiger partial charge in [-0.25, -0.2) is 4.79 Å². The first-order valence-corrected chi connectivity index (χ1v) is 11.1. The molecule has 2 heterocycles. The fourth-order valence-electron chi connectivity index (χ4n) is 4.72. The zero-order valence-electron chi connectivity index (χ0n) is 19.1. The molecule has 0 saturated heterocycles. The maximum absolute atomic E-state index is 13.8. The molecule has 0 radical (unpaired) electrons. The molecule has 2 amide bonds. The van der Waals surface area contributed by atoms with Gasteiger partial charge in [0.05, 0.1) is 25.4 Å². The van der Waals surface area contributed by atoms with Gasteiger partial charge in [0.2, 0.25) is 0 Å². The number of carbonyl (C=O) groups is 1. The van der Waals surface area contributed by atoms with Crippen molar-refractivity contribution in [2.24, 2.45) is 0 Å². The predicted octanol–water partition coefficient (Wildman–Crippen LogP) is 6.24. The molecule has 0 bridgehead atoms. The van der Waals surface area contributed by atoms with Crippen LogP contribution in [-0.4, -0.2) is 22.6 Å². The summed E-state index contributed by atoms with van der Waals surface area (Å²) in [5.74, 6) is 0.789. The van der Waals surface area contributed by atoms with Crippen LogP contribution >= 0.6 is 0 Å². The molecule has 33 heavy (non-hydrogen) atoms. The van der Waals surface area contributed by atoms with Crippen LogP contribution in [0.1, 0.15) is 34.0 Å². The normalized spacial score (nSPS) is 14.8. The Morgan fingerprint density at radius 2 is 1.67 bits per heavy atom. The number of carbonyl (C=O) groups excluding carboxylic acids is 1. The first-order valence-electron chi connectivity index (χ1n) is 11.1. The van der Waals surface area contributed by atoms with E-state index < -0.39 is 0 Å². The molecule has 3 aromatic carbocycles. The largest absolute Gasteiger partial charge is 0.497 e. The van der Waals surface area contributed by atoms with E-state index in [0.29, 0.717) is 6.54 Å². The zero-order valence-corrected chi connectivity index (χ0v) is 19.1. The Morgan fingerprint density at radius 3 is 2.39 bits per heavy atom. The number of fused-ring (bicyclic) bond motifs is 3. The van der Waals surface area contributed by atoms with E-state index in [9.17, 15) is 4.79 Å². The Morgan fingerprint density at radius 1 is 0.939 bits per heavy atom. The average Bonchev–Trinajstić information content (AvgIpc) is 3.23. The van der Waals surface area contributed by atoms with Crippen LogP contribution in [0.5, 0.6) is 5.75 Å². The SMILES string of the molecule is COc1ccc([C@@H]2c3cccn3-c3ccccc3CN2C(=O)Nc2cc(C)cc(C)c2)cc1. The van der Waals surface area contributed by atoms with Gasteiger partial charge < -0.3 is 19.5 Å². The van der Waals surface area contributed by atoms with Crippen molar-refractivity contribution in [2.75, 3.05) is 12.4 Å². The number of anilines is 1. The molecule has 0 spiro atoms. The number of ether oxygens (including phenoxy) is 1. The fourth-order valence-corrected chi connectivity index (χ4v) is 4.72. The number of nitrogens with zero attached hydrogens (tertiary/aromatic N) is 2. The Kier molecular flexibility index (Phi) is 5.38. The first-order chi connectivity index (χ1) is 16.0. The Balaban J connectivity index is 1.62. The Bertz CT molecular complexity index is 1290. The van der Waals surface area contributed by atoms with Crippen molar-refractivity contribution >= 4 is 11.7 Å². The molecule has 0 saturated carbocycles. The second kappa shape index (κ2) is 8.51. The van der Waals surface area contributed by atoms with Gasteiger partial charge in [-0.15, -0.1) is 0 Å². The van der Waals surface area contributed by atoms with Gasteiger partial charge in [-0.05, 0) is 78.6 Å². The molecule has 1 atom stereocenters. The minimum Gasteiger partial charge on any atom is -0.497 e. The van der Waals surface area contributed by atoms with Crippen LogP contribution in [-0.2, 0) is 6.54 Å². The molecule has 1 aromatic heterocycles. The van der Waals surface area contributed by atoms with E-state index in [4.69, 9.17) is 4.74 Å². The number of methoxy groups -OCH3 is 1. The molecule has 0 aliphatic carbocycles. The predicted molar refractivity (Wildman–Crippen MR) is 131 cm³/mol. The maximum Gasteiger partial charge on any atom is 0.322 e. The Labute approximate surface area is 194 Å². The van der Waals surface area contributed by atoms with E-state index in [1.807, 2.05) is 73.3 Å². The molecule has 5 nitrogen and oxygen atoms in total. The zero-order chi connectivity index (χ0) is 22.9. The summed E-state index contributed by atoms with van der Waals surface area (Å²) < 4.78 is 7.55. The highest BCUT2D eigenvalue weighted by Gasteiger charge is 2.33. The van der Waals surface area contributed by atoms with Crippen molar-refractivity contribution in [3.05, 3.63) is 113 Å². The van der Waals surface area contributed by atoms with Crippen molar-refractivity contribution in [3.63, 3.8) is 0 Å². The second-order valence-electron chi connectivity index (χ2n) is 8.54. The number of hydrogen-bond donors (Lipinski definition) is 1. The number of benzene rings is 3. The van der Waals surface area contributed by atoms with E-state index in [2.05, 4.69) is 40.3 Å². The number of hydrogen-bond acceptors (Lipinski definition) is 2. The standard InChI is InChI=1S/C28H27N3O2/c1-19-15-20(2)17-23(16-19)29-28(32)31-18-22-7-4-5-8-25(22)30-14-6-9-26(30)27(31)21-10-12-24(33-3)13-11-21/h4-17,27H,18H2,1-3H3,(H,29,32)/t27-/m1/s1. The third-order valence-corrected chi connectivity index (χ3v) is 6.13. The molecular formula is C28H27N3O2. The summed E-state index contributed by atoms with van der Waals surface area (Å²) in [5, 5.41) is 3.15. The summed E-state index contributed by atoms with van der Waals surface area (Å²) in [6, 6.07) is 26.1. The van der Waals surface area contributed by atoms with E-state index in [1.54, 1.807) is 7.11 Å². The van der Waals surface area contributed by atoms with Crippen LogP contribution < -0.4 is 10.1 Å². The second-order valence-corrected chi connectivity index (χ2v) is 8.54. The highest BCUT2D eigenvalue weighted by molar-refractivity contribution is 5.90. The smallest absolute Gasteiger partial charge is 0.322 e. The topological polar surface area (TPSA) is 46.5 Å². The summed E-state index contributed by atoms with van der Waals surface area (Å²) in [6.07, 6.45) is 2.07. The molecule has 5 heteroatoms. The summed E-state index contributed by atoms with van der Waals surface area (Å²) >= 11 is 0. The molecule has 4 aromatic rings. The minimum atomic E-state index is -0.260. The Hall–Kier alpha value is -3.99. The minimum absolute atomic E-state index is 0.134. The molecule has 1 aliphatic rings. The quantitative estimate of drug-likeness (QED) is 0.412. The lowest BCUT2D eigenvalue weighted by Crippen LogP contribution is -2.38. The number of nitrogens with one attached hydrogen (secondary N) is 1. The van der Waals surface area contributed by atoms with Crippen molar-refractivity contribution in [1.82, 2.24) is 9.47 Å². The van der Waals surface area contributed by atoms with E-state index >= 15 is 0 Å². The lowest BCUT2D eigenvalue weighted by atomic mass is 10.0. The van der Waals surface area contributed by atoms with Crippen LogP contribution in [0.2, 0.25) is 0 Å². The molecule has 5 rings (SSSR count). The fraction of sp³-hybridized carbons (Fsp3) is 0.179. The highest BCUT2D eigenvalue weighted by Crippen LogP contribution is 2.37. The van der Waals surface area contributed by atoms with Crippen molar-refractivity contribution in [3.8, 4) is 11.4 Å². The summed E-state index contributed by atoms with van der Waals surface area (Å²) in [5.41, 5.74) is 7.30. The number of amides is 2. The monoisotopic (exact) mass is 437 g/mol. The van der Waals surface area contributed by atoms with Gasteiger partial charge >= 0.3 is 6.03 Å². The van der Waals surface area contributed by atoms with Crippen LogP contribution in [0.4, 0.5) is 10.5 Å². The molecule has 166 valence electrons. The maximum atomic E-state index is 13.8. The van der Waals surface area contributed by atoms with Gasteiger partial charge in [0.25, 0.3) is 0 Å². The van der Waals surface area contributed by atoms with Gasteiger partial charge in [0, 0.05) is 17.6 Å². The van der Waals surface area contributed by atoms with Crippen LogP contribution in [0.25, 0.3) is 5.69 Å². The van der Waals surface area contributed by atoms with Gasteiger partial charge in [-0.3, -0.25) is 0 Å². The number of urea groups is 1. The van der Waals surface area contributed by atoms with Gasteiger partial charge in [0.15, 0.2) is 0 Å². The molecule has 0 fully saturated rings. The average molecular weight is 438 g/mol. The van der Waals surface area contributed by atoms with Crippen LogP contribution in [0.15, 0.2) is 85.1 Å². The number of aromatic nitrogens is 1. The molecule has 0 unspecified atom stereocenters.